The Morgan fingerprint density at radius 1 is 1.04 bits per heavy atom. The highest BCUT2D eigenvalue weighted by Crippen LogP contribution is 2.46. The van der Waals surface area contributed by atoms with Gasteiger partial charge in [-0.15, -0.1) is 0 Å². The number of anilines is 1. The van der Waals surface area contributed by atoms with Crippen LogP contribution in [0.2, 0.25) is 0 Å². The summed E-state index contributed by atoms with van der Waals surface area (Å²) in [6.07, 6.45) is 3.91. The van der Waals surface area contributed by atoms with Crippen LogP contribution in [0.5, 0.6) is 0 Å². The molecule has 23 heavy (non-hydrogen) atoms. The molecule has 2 heterocycles. The number of carbonyl (C=O) groups excluding carboxylic acids is 1. The molecule has 4 heteroatoms. The van der Waals surface area contributed by atoms with E-state index in [2.05, 4.69) is 16.8 Å². The van der Waals surface area contributed by atoms with Crippen LogP contribution < -0.4 is 4.90 Å². The van der Waals surface area contributed by atoms with Crippen LogP contribution in [0.25, 0.3) is 0 Å². The first kappa shape index (κ1) is 13.8. The van der Waals surface area contributed by atoms with Gasteiger partial charge in [-0.05, 0) is 37.1 Å². The first-order valence-electron chi connectivity index (χ1n) is 7.76. The number of rotatable bonds is 1. The van der Waals surface area contributed by atoms with Crippen molar-refractivity contribution in [1.29, 1.82) is 0 Å². The van der Waals surface area contributed by atoms with Crippen LogP contribution in [-0.2, 0) is 0 Å². The van der Waals surface area contributed by atoms with E-state index in [1.54, 1.807) is 11.1 Å². The van der Waals surface area contributed by atoms with Crippen molar-refractivity contribution in [2.45, 2.75) is 18.4 Å². The number of benzene rings is 1. The monoisotopic (exact) mass is 303 g/mol. The zero-order valence-electron chi connectivity index (χ0n) is 13.0. The first-order valence-corrected chi connectivity index (χ1v) is 7.76. The number of urea groups is 1. The predicted octanol–water partition coefficient (Wildman–Crippen LogP) is 2.89. The van der Waals surface area contributed by atoms with Gasteiger partial charge in [-0.2, -0.15) is 0 Å². The van der Waals surface area contributed by atoms with E-state index in [4.69, 9.17) is 0 Å². The summed E-state index contributed by atoms with van der Waals surface area (Å²) in [5.74, 6) is 6.92. The lowest BCUT2D eigenvalue weighted by atomic mass is 10.2. The van der Waals surface area contributed by atoms with Gasteiger partial charge in [0.2, 0.25) is 0 Å². The molecule has 1 saturated heterocycles. The van der Waals surface area contributed by atoms with Gasteiger partial charge in [-0.1, -0.05) is 30.0 Å². The lowest BCUT2D eigenvalue weighted by molar-refractivity contribution is 0.215. The van der Waals surface area contributed by atoms with Crippen molar-refractivity contribution in [2.75, 3.05) is 18.5 Å². The molecule has 0 unspecified atom stereocenters. The number of hydrogen-bond acceptors (Lipinski definition) is 2. The zero-order valence-corrected chi connectivity index (χ0v) is 13.0. The second-order valence-electron chi connectivity index (χ2n) is 6.17. The second-order valence-corrected chi connectivity index (χ2v) is 6.17. The van der Waals surface area contributed by atoms with Crippen LogP contribution in [0.3, 0.4) is 0 Å². The number of aromatic nitrogens is 1. The molecule has 1 aliphatic heterocycles. The van der Waals surface area contributed by atoms with Crippen LogP contribution in [0.1, 0.15) is 24.0 Å². The molecule has 4 rings (SSSR count). The van der Waals surface area contributed by atoms with Gasteiger partial charge in [0.15, 0.2) is 0 Å². The quantitative estimate of drug-likeness (QED) is 0.760. The van der Waals surface area contributed by atoms with Gasteiger partial charge in [-0.25, -0.2) is 9.78 Å². The van der Waals surface area contributed by atoms with Crippen molar-refractivity contribution < 1.29 is 4.79 Å². The van der Waals surface area contributed by atoms with Crippen molar-refractivity contribution in [3.8, 4) is 11.8 Å². The van der Waals surface area contributed by atoms with Crippen molar-refractivity contribution in [1.82, 2.24) is 9.88 Å². The van der Waals surface area contributed by atoms with E-state index in [0.717, 1.165) is 30.5 Å². The third-order valence-electron chi connectivity index (χ3n) is 4.66. The predicted molar refractivity (Wildman–Crippen MR) is 89.1 cm³/mol. The fourth-order valence-electron chi connectivity index (χ4n) is 2.95. The van der Waals surface area contributed by atoms with Gasteiger partial charge >= 0.3 is 6.03 Å². The van der Waals surface area contributed by atoms with Crippen LogP contribution >= 0.6 is 0 Å². The summed E-state index contributed by atoms with van der Waals surface area (Å²) in [7, 11) is 1.88. The van der Waals surface area contributed by atoms with Gasteiger partial charge in [0.25, 0.3) is 0 Å². The average molecular weight is 303 g/mol. The minimum atomic E-state index is 0.0399. The molecule has 2 fully saturated rings. The zero-order chi connectivity index (χ0) is 15.9. The Kier molecular flexibility index (Phi) is 3.09. The smallest absolute Gasteiger partial charge is 0.320 e. The van der Waals surface area contributed by atoms with Gasteiger partial charge in [0.05, 0.1) is 12.1 Å². The highest BCUT2D eigenvalue weighted by molar-refractivity contribution is 5.94. The molecule has 1 aromatic carbocycles. The second kappa shape index (κ2) is 5.13. The van der Waals surface area contributed by atoms with E-state index in [9.17, 15) is 4.79 Å². The molecule has 4 nitrogen and oxygen atoms in total. The molecular formula is C19H17N3O. The lowest BCUT2D eigenvalue weighted by Crippen LogP contribution is -2.32. The Labute approximate surface area is 135 Å². The topological polar surface area (TPSA) is 36.4 Å². The van der Waals surface area contributed by atoms with Crippen LogP contribution in [0.4, 0.5) is 10.6 Å². The number of likely N-dealkylation sites (N-methyl/N-ethyl adjacent to an activating group) is 1. The van der Waals surface area contributed by atoms with Crippen molar-refractivity contribution >= 4 is 11.8 Å². The largest absolute Gasteiger partial charge is 0.326 e. The van der Waals surface area contributed by atoms with Gasteiger partial charge in [-0.3, -0.25) is 4.90 Å². The number of pyridine rings is 1. The summed E-state index contributed by atoms with van der Waals surface area (Å²) in [6.45, 7) is 0.740. The minimum absolute atomic E-state index is 0.0399. The van der Waals surface area contributed by atoms with E-state index in [-0.39, 0.29) is 11.6 Å². The summed E-state index contributed by atoms with van der Waals surface area (Å²) in [4.78, 5) is 20.4. The van der Waals surface area contributed by atoms with E-state index in [1.165, 1.54) is 0 Å². The van der Waals surface area contributed by atoms with Gasteiger partial charge in [0, 0.05) is 24.4 Å². The molecule has 1 aromatic heterocycles. The number of amides is 2. The van der Waals surface area contributed by atoms with Crippen molar-refractivity contribution in [3.63, 3.8) is 0 Å². The van der Waals surface area contributed by atoms with E-state index >= 15 is 0 Å². The van der Waals surface area contributed by atoms with Crippen LogP contribution in [0.15, 0.2) is 48.7 Å². The molecule has 2 aromatic rings. The maximum Gasteiger partial charge on any atom is 0.326 e. The molecule has 0 radical (unpaired) electrons. The van der Waals surface area contributed by atoms with Crippen LogP contribution in [-0.4, -0.2) is 35.0 Å². The summed E-state index contributed by atoms with van der Waals surface area (Å²) >= 11 is 0. The molecular weight excluding hydrogens is 286 g/mol. The normalized spacial score (nSPS) is 18.0. The van der Waals surface area contributed by atoms with E-state index in [1.807, 2.05) is 54.4 Å². The number of carbonyl (C=O) groups is 1. The lowest BCUT2D eigenvalue weighted by Gasteiger charge is -2.15. The molecule has 1 spiro atoms. The van der Waals surface area contributed by atoms with Gasteiger partial charge in [0.1, 0.15) is 5.82 Å². The maximum atomic E-state index is 12.3. The number of nitrogens with zero attached hydrogens (tertiary/aromatic N) is 3. The number of hydrogen-bond donors (Lipinski definition) is 0. The fourth-order valence-corrected chi connectivity index (χ4v) is 2.95. The van der Waals surface area contributed by atoms with Crippen molar-refractivity contribution in [2.24, 2.45) is 0 Å². The summed E-state index contributed by atoms with van der Waals surface area (Å²) in [5, 5.41) is 0. The molecule has 0 N–H and O–H groups in total. The third-order valence-corrected chi connectivity index (χ3v) is 4.66. The van der Waals surface area contributed by atoms with Crippen LogP contribution in [0, 0.1) is 11.8 Å². The summed E-state index contributed by atoms with van der Waals surface area (Å²) in [5.41, 5.74) is 1.88. The molecule has 114 valence electrons. The first-order chi connectivity index (χ1) is 11.2. The SMILES string of the molecule is CN1C(=O)N(c2ccc(C#Cc3ccccc3)cn2)CC12CC2. The Morgan fingerprint density at radius 2 is 1.78 bits per heavy atom. The maximum absolute atomic E-state index is 12.3. The Hall–Kier alpha value is -2.80. The Morgan fingerprint density at radius 3 is 2.39 bits per heavy atom. The Balaban J connectivity index is 1.53. The molecule has 2 aliphatic rings. The highest BCUT2D eigenvalue weighted by Gasteiger charge is 2.56. The van der Waals surface area contributed by atoms with Crippen molar-refractivity contribution in [3.05, 3.63) is 59.8 Å². The van der Waals surface area contributed by atoms with E-state index < -0.39 is 0 Å². The average Bonchev–Trinajstić information content (AvgIpc) is 3.34. The Bertz CT molecular complexity index is 798. The summed E-state index contributed by atoms with van der Waals surface area (Å²) in [6, 6.07) is 13.7. The standard InChI is InChI=1S/C19H17N3O/c1-21-18(23)22(14-19(21)11-12-19)17-10-9-16(13-20-17)8-7-15-5-3-2-4-6-15/h2-6,9-10,13H,11-12,14H2,1H3. The molecule has 0 bridgehead atoms. The highest BCUT2D eigenvalue weighted by atomic mass is 16.2. The minimum Gasteiger partial charge on any atom is -0.320 e. The van der Waals surface area contributed by atoms with Gasteiger partial charge < -0.3 is 4.90 Å². The third kappa shape index (κ3) is 2.44. The molecule has 0 atom stereocenters. The summed E-state index contributed by atoms with van der Waals surface area (Å²) < 4.78 is 0. The fraction of sp³-hybridized carbons (Fsp3) is 0.263. The van der Waals surface area contributed by atoms with E-state index in [0.29, 0.717) is 5.82 Å². The molecule has 2 amide bonds. The molecule has 1 aliphatic carbocycles. The molecule has 1 saturated carbocycles.